The van der Waals surface area contributed by atoms with Crippen molar-refractivity contribution in [2.45, 2.75) is 19.8 Å². The van der Waals surface area contributed by atoms with E-state index in [2.05, 4.69) is 25.6 Å². The molecule has 0 bridgehead atoms. The molecule has 2 N–H and O–H groups in total. The first kappa shape index (κ1) is 13.9. The van der Waals surface area contributed by atoms with Crippen molar-refractivity contribution < 1.29 is 0 Å². The van der Waals surface area contributed by atoms with Crippen LogP contribution in [0.1, 0.15) is 18.7 Å². The maximum atomic E-state index is 4.50. The molecule has 0 aromatic carbocycles. The lowest BCUT2D eigenvalue weighted by Gasteiger charge is -2.23. The van der Waals surface area contributed by atoms with Crippen LogP contribution in [-0.2, 0) is 0 Å². The second-order valence-electron chi connectivity index (χ2n) is 5.50. The molecule has 2 aromatic rings. The van der Waals surface area contributed by atoms with Crippen molar-refractivity contribution in [3.05, 3.63) is 36.4 Å². The summed E-state index contributed by atoms with van der Waals surface area (Å²) in [7, 11) is 0. The molecule has 0 aliphatic carbocycles. The monoisotopic (exact) mass is 283 g/mol. The van der Waals surface area contributed by atoms with Crippen molar-refractivity contribution in [3.63, 3.8) is 0 Å². The van der Waals surface area contributed by atoms with Crippen LogP contribution in [0.2, 0.25) is 0 Å². The first-order valence-corrected chi connectivity index (χ1v) is 7.52. The second-order valence-corrected chi connectivity index (χ2v) is 5.50. The molecule has 1 aliphatic heterocycles. The summed E-state index contributed by atoms with van der Waals surface area (Å²) in [6.45, 7) is 5.15. The highest BCUT2D eigenvalue weighted by atomic mass is 15.0. The van der Waals surface area contributed by atoms with Crippen molar-refractivity contribution in [2.75, 3.05) is 25.0 Å². The minimum atomic E-state index is 0.725. The lowest BCUT2D eigenvalue weighted by molar-refractivity contribution is 0.389. The van der Waals surface area contributed by atoms with Crippen LogP contribution in [0.25, 0.3) is 11.3 Å². The standard InChI is InChI=1S/C16H21N5/c1-12-20-15(14-3-2-6-18-11-14)9-16(21-12)19-10-13-4-7-17-8-5-13/h2-3,6,9,11,13,17H,4-5,7-8,10H2,1H3,(H,19,20,21). The number of aromatic nitrogens is 3. The summed E-state index contributed by atoms with van der Waals surface area (Å²) < 4.78 is 0. The quantitative estimate of drug-likeness (QED) is 0.901. The fourth-order valence-electron chi connectivity index (χ4n) is 2.66. The van der Waals surface area contributed by atoms with Crippen LogP contribution < -0.4 is 10.6 Å². The van der Waals surface area contributed by atoms with Gasteiger partial charge in [-0.05, 0) is 50.9 Å². The molecule has 1 saturated heterocycles. The molecular weight excluding hydrogens is 262 g/mol. The van der Waals surface area contributed by atoms with Gasteiger partial charge in [-0.3, -0.25) is 4.98 Å². The van der Waals surface area contributed by atoms with Gasteiger partial charge in [0.25, 0.3) is 0 Å². The van der Waals surface area contributed by atoms with Crippen LogP contribution >= 0.6 is 0 Å². The Balaban J connectivity index is 1.72. The van der Waals surface area contributed by atoms with Gasteiger partial charge in [0.1, 0.15) is 11.6 Å². The van der Waals surface area contributed by atoms with E-state index in [0.717, 1.165) is 48.5 Å². The molecule has 0 spiro atoms. The highest BCUT2D eigenvalue weighted by Gasteiger charge is 2.13. The average molecular weight is 283 g/mol. The number of nitrogens with zero attached hydrogens (tertiary/aromatic N) is 3. The zero-order valence-electron chi connectivity index (χ0n) is 12.3. The van der Waals surface area contributed by atoms with Gasteiger partial charge in [-0.25, -0.2) is 9.97 Å². The molecular formula is C16H21N5. The zero-order chi connectivity index (χ0) is 14.5. The number of nitrogens with one attached hydrogen (secondary N) is 2. The van der Waals surface area contributed by atoms with Gasteiger partial charge in [-0.2, -0.15) is 0 Å². The number of hydrogen-bond donors (Lipinski definition) is 2. The van der Waals surface area contributed by atoms with Gasteiger partial charge in [0.05, 0.1) is 5.69 Å². The molecule has 0 radical (unpaired) electrons. The molecule has 0 saturated carbocycles. The SMILES string of the molecule is Cc1nc(NCC2CCNCC2)cc(-c2cccnc2)n1. The number of rotatable bonds is 4. The lowest BCUT2D eigenvalue weighted by Crippen LogP contribution is -2.31. The van der Waals surface area contributed by atoms with E-state index in [4.69, 9.17) is 0 Å². The van der Waals surface area contributed by atoms with Crippen molar-refractivity contribution in [3.8, 4) is 11.3 Å². The van der Waals surface area contributed by atoms with Gasteiger partial charge >= 0.3 is 0 Å². The van der Waals surface area contributed by atoms with E-state index in [-0.39, 0.29) is 0 Å². The third-order valence-corrected chi connectivity index (χ3v) is 3.83. The molecule has 21 heavy (non-hydrogen) atoms. The minimum absolute atomic E-state index is 0.725. The van der Waals surface area contributed by atoms with E-state index >= 15 is 0 Å². The number of piperidine rings is 1. The smallest absolute Gasteiger partial charge is 0.130 e. The van der Waals surface area contributed by atoms with Gasteiger partial charge in [-0.1, -0.05) is 0 Å². The Hall–Kier alpha value is -2.01. The van der Waals surface area contributed by atoms with Crippen molar-refractivity contribution in [1.29, 1.82) is 0 Å². The second kappa shape index (κ2) is 6.63. The molecule has 3 rings (SSSR count). The number of hydrogen-bond acceptors (Lipinski definition) is 5. The molecule has 5 nitrogen and oxygen atoms in total. The van der Waals surface area contributed by atoms with Gasteiger partial charge in [0, 0.05) is 30.6 Å². The van der Waals surface area contributed by atoms with Crippen molar-refractivity contribution in [2.24, 2.45) is 5.92 Å². The van der Waals surface area contributed by atoms with Crippen LogP contribution in [0.4, 0.5) is 5.82 Å². The van der Waals surface area contributed by atoms with Crippen molar-refractivity contribution >= 4 is 5.82 Å². The highest BCUT2D eigenvalue weighted by Crippen LogP contribution is 2.19. The van der Waals surface area contributed by atoms with Gasteiger partial charge in [0.2, 0.25) is 0 Å². The minimum Gasteiger partial charge on any atom is -0.370 e. The van der Waals surface area contributed by atoms with E-state index in [1.54, 1.807) is 6.20 Å². The van der Waals surface area contributed by atoms with Gasteiger partial charge in [-0.15, -0.1) is 0 Å². The topological polar surface area (TPSA) is 62.7 Å². The van der Waals surface area contributed by atoms with Crippen molar-refractivity contribution in [1.82, 2.24) is 20.3 Å². The molecule has 5 heteroatoms. The van der Waals surface area contributed by atoms with Crippen LogP contribution in [0.15, 0.2) is 30.6 Å². The molecule has 0 unspecified atom stereocenters. The van der Waals surface area contributed by atoms with E-state index < -0.39 is 0 Å². The predicted molar refractivity (Wildman–Crippen MR) is 84.1 cm³/mol. The number of aryl methyl sites for hydroxylation is 1. The van der Waals surface area contributed by atoms with Crippen LogP contribution in [-0.4, -0.2) is 34.6 Å². The molecule has 1 aliphatic rings. The van der Waals surface area contributed by atoms with Gasteiger partial charge < -0.3 is 10.6 Å². The summed E-state index contributed by atoms with van der Waals surface area (Å²) in [5.41, 5.74) is 1.94. The lowest BCUT2D eigenvalue weighted by atomic mass is 9.98. The predicted octanol–water partition coefficient (Wildman–Crippen LogP) is 2.26. The summed E-state index contributed by atoms with van der Waals surface area (Å²) in [4.78, 5) is 13.1. The Kier molecular flexibility index (Phi) is 4.40. The van der Waals surface area contributed by atoms with Crippen LogP contribution in [0.3, 0.4) is 0 Å². The van der Waals surface area contributed by atoms with Gasteiger partial charge in [0.15, 0.2) is 0 Å². The largest absolute Gasteiger partial charge is 0.370 e. The average Bonchev–Trinajstić information content (AvgIpc) is 2.54. The maximum Gasteiger partial charge on any atom is 0.130 e. The Morgan fingerprint density at radius 1 is 1.29 bits per heavy atom. The third kappa shape index (κ3) is 3.76. The summed E-state index contributed by atoms with van der Waals surface area (Å²) >= 11 is 0. The Morgan fingerprint density at radius 2 is 2.14 bits per heavy atom. The maximum absolute atomic E-state index is 4.50. The molecule has 0 amide bonds. The molecule has 0 atom stereocenters. The van der Waals surface area contributed by atoms with E-state index in [9.17, 15) is 0 Å². The Labute approximate surface area is 125 Å². The molecule has 1 fully saturated rings. The van der Waals surface area contributed by atoms with Crippen LogP contribution in [0.5, 0.6) is 0 Å². The van der Waals surface area contributed by atoms with E-state index in [1.165, 1.54) is 12.8 Å². The summed E-state index contributed by atoms with van der Waals surface area (Å²) in [6.07, 6.45) is 6.06. The molecule has 110 valence electrons. The Bertz CT molecular complexity index is 578. The number of anilines is 1. The van der Waals surface area contributed by atoms with Crippen LogP contribution in [0, 0.1) is 12.8 Å². The van der Waals surface area contributed by atoms with E-state index in [1.807, 2.05) is 31.3 Å². The summed E-state index contributed by atoms with van der Waals surface area (Å²) in [5.74, 6) is 2.41. The summed E-state index contributed by atoms with van der Waals surface area (Å²) in [5, 5.41) is 6.86. The number of pyridine rings is 1. The molecule has 3 heterocycles. The fraction of sp³-hybridized carbons (Fsp3) is 0.438. The fourth-order valence-corrected chi connectivity index (χ4v) is 2.66. The normalized spacial score (nSPS) is 15.9. The molecule has 2 aromatic heterocycles. The highest BCUT2D eigenvalue weighted by molar-refractivity contribution is 5.61. The van der Waals surface area contributed by atoms with E-state index in [0.29, 0.717) is 0 Å². The zero-order valence-corrected chi connectivity index (χ0v) is 12.3. The first-order chi connectivity index (χ1) is 10.3. The third-order valence-electron chi connectivity index (χ3n) is 3.83. The Morgan fingerprint density at radius 3 is 2.90 bits per heavy atom. The summed E-state index contributed by atoms with van der Waals surface area (Å²) in [6, 6.07) is 5.95. The first-order valence-electron chi connectivity index (χ1n) is 7.52.